The molecule has 1 atom stereocenters. The molecule has 0 spiro atoms. The Morgan fingerprint density at radius 1 is 0.605 bits per heavy atom. The van der Waals surface area contributed by atoms with Crippen LogP contribution in [0.2, 0.25) is 0 Å². The van der Waals surface area contributed by atoms with Crippen molar-refractivity contribution in [1.82, 2.24) is 14.8 Å². The van der Waals surface area contributed by atoms with Crippen molar-refractivity contribution in [3.8, 4) is 11.5 Å². The summed E-state index contributed by atoms with van der Waals surface area (Å²) in [6, 6.07) is 58.8. The lowest BCUT2D eigenvalue weighted by Gasteiger charge is -2.36. The molecule has 7 heterocycles. The number of benzene rings is 9. The van der Waals surface area contributed by atoms with Crippen LogP contribution in [0.15, 0.2) is 306 Å². The van der Waals surface area contributed by atoms with Gasteiger partial charge in [0.05, 0.1) is 67.6 Å². The van der Waals surface area contributed by atoms with E-state index in [-0.39, 0.29) is 117 Å². The molecule has 0 radical (unpaired) electrons. The SMILES string of the molecule is CCC1=CC(C)=NC1=C1C(=O)C(C=C2Sc3ccccc3N2CCCOC(=O)C2(C)CCc3c(C)c(O)c(C)c(C)c3O2)=C1O.CCN(CC)C1=CC(=O)C(=C2C(=O)C(C=C3N(CCOC(=O)CCCN(C)c4ccc(/C=C/c5nc6ccccc6s5)cc4)c4ccccc4C3(C)C)=C2O)C(O)=C1.CN(C)c1ccc(C2=C([O-])C(=Cc3sc4ccccc4[n+]3CCCCN3C(=O)c4cccc5cccc(c45)C3=O)C2=O)cc1. The van der Waals surface area contributed by atoms with Gasteiger partial charge < -0.3 is 64.2 Å². The second-order valence-electron chi connectivity index (χ2n) is 38.4. The number of aliphatic hydroxyl groups is 3. The summed E-state index contributed by atoms with van der Waals surface area (Å²) in [5, 5.41) is 60.9. The zero-order valence-corrected chi connectivity index (χ0v) is 86.8. The number of allylic oxidation sites excluding steroid dienone is 14. The van der Waals surface area contributed by atoms with Crippen molar-refractivity contribution in [2.24, 2.45) is 4.99 Å². The first-order valence-corrected chi connectivity index (χ1v) is 52.1. The number of thiazole rings is 2. The summed E-state index contributed by atoms with van der Waals surface area (Å²) in [7, 11) is 5.88. The number of hydrogen-bond donors (Lipinski definition) is 4. The van der Waals surface area contributed by atoms with Crippen LogP contribution in [0.1, 0.15) is 163 Å². The molecule has 147 heavy (non-hydrogen) atoms. The van der Waals surface area contributed by atoms with E-state index in [1.807, 2.05) is 250 Å². The Morgan fingerprint density at radius 3 is 1.95 bits per heavy atom. The number of phenols is 1. The summed E-state index contributed by atoms with van der Waals surface area (Å²) in [5.41, 5.74) is 15.7. The van der Waals surface area contributed by atoms with Gasteiger partial charge in [0, 0.05) is 175 Å². The Morgan fingerprint density at radius 2 is 1.27 bits per heavy atom. The lowest BCUT2D eigenvalue weighted by molar-refractivity contribution is -0.669. The number of carbonyl (C=O) groups excluding carboxylic acids is 8. The molecule has 750 valence electrons. The monoisotopic (exact) mass is 2020 g/mol. The summed E-state index contributed by atoms with van der Waals surface area (Å²) >= 11 is 4.74. The fraction of sp³-hybridized carbons (Fsp3) is 0.269. The summed E-state index contributed by atoms with van der Waals surface area (Å²) in [4.78, 5) is 128. The highest BCUT2D eigenvalue weighted by molar-refractivity contribution is 8.03. The third kappa shape index (κ3) is 19.7. The second kappa shape index (κ2) is 42.3. The average Bonchev–Trinajstić information content (AvgIpc) is 1.60. The maximum absolute atomic E-state index is 13.6. The maximum atomic E-state index is 13.6. The van der Waals surface area contributed by atoms with Crippen molar-refractivity contribution in [2.75, 3.05) is 93.2 Å². The van der Waals surface area contributed by atoms with Gasteiger partial charge in [0.2, 0.25) is 22.7 Å². The summed E-state index contributed by atoms with van der Waals surface area (Å²) in [5.74, 6) is -2.75. The molecule has 4 N–H and O–H groups in total. The molecule has 20 rings (SSSR count). The van der Waals surface area contributed by atoms with Crippen LogP contribution in [0.3, 0.4) is 0 Å². The van der Waals surface area contributed by atoms with Gasteiger partial charge in [-0.15, -0.1) is 11.3 Å². The lowest BCUT2D eigenvalue weighted by atomic mass is 9.78. The Kier molecular flexibility index (Phi) is 29.2. The van der Waals surface area contributed by atoms with E-state index < -0.39 is 28.6 Å². The van der Waals surface area contributed by atoms with Gasteiger partial charge in [0.25, 0.3) is 16.8 Å². The topological polar surface area (TPSA) is 317 Å². The number of anilines is 4. The molecule has 2 aromatic heterocycles. The highest BCUT2D eigenvalue weighted by atomic mass is 32.2. The van der Waals surface area contributed by atoms with E-state index in [4.69, 9.17) is 14.2 Å². The first-order chi connectivity index (χ1) is 70.7. The van der Waals surface area contributed by atoms with E-state index in [0.717, 1.165) is 126 Å². The van der Waals surface area contributed by atoms with Gasteiger partial charge in [0.15, 0.2) is 18.1 Å². The molecule has 4 aliphatic carbocycles. The largest absolute Gasteiger partial charge is 0.871 e. The number of thioether (sulfide) groups is 1. The molecule has 28 heteroatoms. The fourth-order valence-electron chi connectivity index (χ4n) is 20.1. The van der Waals surface area contributed by atoms with E-state index in [2.05, 4.69) is 60.8 Å². The quantitative estimate of drug-likeness (QED) is 0.0111. The highest BCUT2D eigenvalue weighted by Crippen LogP contribution is 2.52. The van der Waals surface area contributed by atoms with Crippen molar-refractivity contribution in [3.05, 3.63) is 357 Å². The number of phenolic OH excluding ortho intramolecular Hbond substituents is 1. The molecule has 0 saturated heterocycles. The van der Waals surface area contributed by atoms with Gasteiger partial charge in [-0.25, -0.2) is 9.78 Å². The maximum Gasteiger partial charge on any atom is 0.350 e. The molecule has 9 aromatic carbocycles. The van der Waals surface area contributed by atoms with Gasteiger partial charge in [-0.2, -0.15) is 4.57 Å². The van der Waals surface area contributed by atoms with Crippen molar-refractivity contribution < 1.29 is 82.7 Å². The molecule has 25 nitrogen and oxygen atoms in total. The van der Waals surface area contributed by atoms with Gasteiger partial charge in [-0.1, -0.05) is 159 Å². The smallest absolute Gasteiger partial charge is 0.350 e. The number of aliphatic imine (C=N–C) groups is 1. The van der Waals surface area contributed by atoms with Gasteiger partial charge in [-0.05, 0) is 222 Å². The number of aromatic nitrogens is 2. The molecular weight excluding hydrogens is 1910 g/mol. The van der Waals surface area contributed by atoms with Crippen LogP contribution in [0, 0.1) is 20.8 Å². The van der Waals surface area contributed by atoms with Crippen LogP contribution in [-0.2, 0) is 56.6 Å². The minimum Gasteiger partial charge on any atom is -0.871 e. The molecule has 2 amide bonds. The number of aryl methyl sites for hydroxylation is 1. The number of aromatic hydroxyl groups is 1. The predicted molar refractivity (Wildman–Crippen MR) is 579 cm³/mol. The summed E-state index contributed by atoms with van der Waals surface area (Å²) in [6.07, 6.45) is 18.5. The van der Waals surface area contributed by atoms with Crippen molar-refractivity contribution in [3.63, 3.8) is 0 Å². The van der Waals surface area contributed by atoms with Crippen molar-refractivity contribution in [2.45, 2.75) is 143 Å². The molecule has 0 fully saturated rings. The third-order valence-corrected chi connectivity index (χ3v) is 31.8. The number of Topliss-reactive ketones (excluding diaryl/α,β-unsaturated/α-hetero) is 3. The van der Waals surface area contributed by atoms with Crippen LogP contribution in [0.5, 0.6) is 11.5 Å². The molecule has 5 aliphatic heterocycles. The number of esters is 2. The number of fused-ring (bicyclic) bond motifs is 5. The second-order valence-corrected chi connectivity index (χ2v) is 41.6. The summed E-state index contributed by atoms with van der Waals surface area (Å²) < 4.78 is 22.1. The van der Waals surface area contributed by atoms with Gasteiger partial charge >= 0.3 is 11.9 Å². The number of para-hydroxylation sites is 4. The number of imide groups is 1. The number of nitrogens with zero attached hydrogens (tertiary/aromatic N) is 9. The zero-order valence-electron chi connectivity index (χ0n) is 84.4. The highest BCUT2D eigenvalue weighted by Gasteiger charge is 2.47. The molecule has 0 bridgehead atoms. The van der Waals surface area contributed by atoms with E-state index in [1.165, 1.54) is 44.9 Å². The number of ether oxygens (including phenoxy) is 3. The van der Waals surface area contributed by atoms with E-state index >= 15 is 0 Å². The lowest BCUT2D eigenvalue weighted by Crippen LogP contribution is -2.46. The average molecular weight is 2020 g/mol. The van der Waals surface area contributed by atoms with E-state index in [0.29, 0.717) is 118 Å². The Balaban J connectivity index is 0.000000146. The Labute approximate surface area is 865 Å². The minimum atomic E-state index is -1.12. The van der Waals surface area contributed by atoms with E-state index in [9.17, 15) is 63.9 Å². The number of hydrogen-bond acceptors (Lipinski definition) is 26. The Hall–Kier alpha value is -15.5. The van der Waals surface area contributed by atoms with Crippen LogP contribution in [0.25, 0.3) is 55.0 Å². The van der Waals surface area contributed by atoms with Crippen LogP contribution in [0.4, 0.5) is 22.7 Å². The number of amides is 2. The zero-order chi connectivity index (χ0) is 104. The van der Waals surface area contributed by atoms with Crippen LogP contribution in [-0.4, -0.2) is 167 Å². The fourth-order valence-corrected chi connectivity index (χ4v) is 23.3. The normalized spacial score (nSPS) is 18.9. The molecule has 0 saturated carbocycles. The van der Waals surface area contributed by atoms with Crippen LogP contribution >= 0.6 is 34.4 Å². The van der Waals surface area contributed by atoms with Crippen molar-refractivity contribution >= 4 is 165 Å². The first-order valence-electron chi connectivity index (χ1n) is 49.6. The van der Waals surface area contributed by atoms with E-state index in [1.54, 1.807) is 48.6 Å². The van der Waals surface area contributed by atoms with Gasteiger partial charge in [0.1, 0.15) is 45.1 Å². The first kappa shape index (κ1) is 102. The number of likely N-dealkylation sites (N-methyl/N-ethyl adjacent to an activating group) is 1. The number of aliphatic hydroxyl groups excluding tert-OH is 3. The molecule has 9 aliphatic rings. The molecule has 11 aromatic rings. The molecule has 1 unspecified atom stereocenters. The van der Waals surface area contributed by atoms with Crippen LogP contribution < -0.4 is 34.0 Å². The number of unbranched alkanes of at least 4 members (excludes halogenated alkanes) is 1. The van der Waals surface area contributed by atoms with Crippen molar-refractivity contribution in [1.29, 1.82) is 0 Å². The number of carbonyl (C=O) groups is 8. The minimum absolute atomic E-state index is 0.0242. The summed E-state index contributed by atoms with van der Waals surface area (Å²) in [6.45, 7) is 23.3. The number of rotatable bonds is 29. The third-order valence-electron chi connectivity index (χ3n) is 28.6. The van der Waals surface area contributed by atoms with Gasteiger partial charge in [-0.3, -0.25) is 43.5 Å². The Bertz CT molecular complexity index is 7690. The predicted octanol–water partition coefficient (Wildman–Crippen LogP) is 21.3. The number of ketones is 4. The standard InChI is InChI=1S/C47H48N4O6S.C36H29N3O4S.C36H38N2O6S/c1-6-50(7-2)32-27-37(52)43(38(53)28-32)44-45(55)33(46(44)56)29-40-47(3,4)34-13-8-10-15-36(34)51(40)25-26-57-42(54)17-12-24-49(5)31-21-18-30(19-22-31)20-23-41-48-35-14-9-11-16-39(35)58-41;1-37(2)24-17-15-23(16-18-24)32-33(40)27(34(32)41)21-30-38(28-13-3-4-14-29(28)44-30)19-5-6-20-39-35(42)25-11-7-9-22-10-8-12-26(31(22)25)36(39)43;1-7-23-17-19(2)37-30(23)29-32(40)25(33(29)41)18-28-38(26-11-8-9-12-27(26)45-28)15-10-16-43-35(42)36(6)14-13-24-22(5)31(39)20(3)21(4)34(24)44-36/h8-11,13-16,18-23,27-29,52,55H,6-7,12,17,24-26H2,1-5H3;3-4,7-18,21H,5-6,19-20H2,1-2H3;8-9,11-12,17-18,39-40H,7,10,13-16H2,1-6H3/b23-20+,40-29?,44-43?;;. The molecular formula is C119H115N9O16S3.